The van der Waals surface area contributed by atoms with Gasteiger partial charge in [0.15, 0.2) is 0 Å². The van der Waals surface area contributed by atoms with Crippen LogP contribution >= 0.6 is 0 Å². The van der Waals surface area contributed by atoms with E-state index in [2.05, 4.69) is 4.98 Å². The maximum atomic E-state index is 9.63. The molecule has 1 N–H and O–H groups in total. The van der Waals surface area contributed by atoms with Gasteiger partial charge in [0.25, 0.3) is 0 Å². The average Bonchev–Trinajstić information content (AvgIpc) is 2.86. The van der Waals surface area contributed by atoms with Crippen molar-refractivity contribution in [1.82, 2.24) is 4.98 Å². The van der Waals surface area contributed by atoms with Crippen molar-refractivity contribution in [3.63, 3.8) is 0 Å². The molecule has 1 aliphatic rings. The first-order valence-electron chi connectivity index (χ1n) is 6.19. The van der Waals surface area contributed by atoms with E-state index in [0.29, 0.717) is 23.8 Å². The fourth-order valence-corrected chi connectivity index (χ4v) is 2.06. The van der Waals surface area contributed by atoms with Crippen molar-refractivity contribution in [3.8, 4) is 17.6 Å². The summed E-state index contributed by atoms with van der Waals surface area (Å²) in [7, 11) is 0. The van der Waals surface area contributed by atoms with Crippen LogP contribution in [0.4, 0.5) is 0 Å². The maximum absolute atomic E-state index is 9.63. The number of aromatic nitrogens is 1. The second kappa shape index (κ2) is 5.19. The molecule has 0 bridgehead atoms. The summed E-state index contributed by atoms with van der Waals surface area (Å²) in [5.74, 6) is 1.32. The largest absolute Gasteiger partial charge is 0.490 e. The molecule has 100 valence electrons. The molecule has 1 aromatic carbocycles. The Bertz CT molecular complexity index is 679. The second-order valence-corrected chi connectivity index (χ2v) is 4.48. The Balaban J connectivity index is 1.71. The SMILES string of the molecule is N#Cc1cc(COc2ccc3c(c2)OCC3O)ccn1. The molecule has 0 spiro atoms. The highest BCUT2D eigenvalue weighted by Gasteiger charge is 2.21. The minimum Gasteiger partial charge on any atom is -0.490 e. The molecular weight excluding hydrogens is 256 g/mol. The van der Waals surface area contributed by atoms with Crippen LogP contribution in [0, 0.1) is 11.3 Å². The Morgan fingerprint density at radius 2 is 2.30 bits per heavy atom. The molecule has 1 atom stereocenters. The number of pyridine rings is 1. The van der Waals surface area contributed by atoms with Gasteiger partial charge in [0.1, 0.15) is 42.6 Å². The van der Waals surface area contributed by atoms with Crippen LogP contribution in [0.25, 0.3) is 0 Å². The van der Waals surface area contributed by atoms with Crippen molar-refractivity contribution in [2.24, 2.45) is 0 Å². The minimum atomic E-state index is -0.558. The Morgan fingerprint density at radius 1 is 1.40 bits per heavy atom. The molecule has 0 fully saturated rings. The van der Waals surface area contributed by atoms with E-state index >= 15 is 0 Å². The lowest BCUT2D eigenvalue weighted by molar-refractivity contribution is 0.140. The third kappa shape index (κ3) is 2.42. The molecule has 2 aromatic rings. The lowest BCUT2D eigenvalue weighted by Gasteiger charge is -2.08. The van der Waals surface area contributed by atoms with Gasteiger partial charge in [-0.1, -0.05) is 0 Å². The van der Waals surface area contributed by atoms with Crippen LogP contribution in [-0.4, -0.2) is 16.7 Å². The van der Waals surface area contributed by atoms with Gasteiger partial charge in [-0.2, -0.15) is 5.26 Å². The van der Waals surface area contributed by atoms with Crippen molar-refractivity contribution >= 4 is 0 Å². The summed E-state index contributed by atoms with van der Waals surface area (Å²) in [6, 6.07) is 10.8. The normalized spacial score (nSPS) is 16.1. The van der Waals surface area contributed by atoms with E-state index in [1.807, 2.05) is 6.07 Å². The molecule has 1 unspecified atom stereocenters. The Kier molecular flexibility index (Phi) is 3.23. The maximum Gasteiger partial charge on any atom is 0.140 e. The molecule has 5 heteroatoms. The summed E-state index contributed by atoms with van der Waals surface area (Å²) in [4.78, 5) is 3.90. The molecule has 2 heterocycles. The predicted molar refractivity (Wildman–Crippen MR) is 70.2 cm³/mol. The highest BCUT2D eigenvalue weighted by Crippen LogP contribution is 2.35. The molecular formula is C15H12N2O3. The average molecular weight is 268 g/mol. The third-order valence-electron chi connectivity index (χ3n) is 3.09. The number of fused-ring (bicyclic) bond motifs is 1. The van der Waals surface area contributed by atoms with E-state index in [4.69, 9.17) is 14.7 Å². The molecule has 0 saturated carbocycles. The van der Waals surface area contributed by atoms with Crippen LogP contribution in [0.15, 0.2) is 36.5 Å². The third-order valence-corrected chi connectivity index (χ3v) is 3.09. The van der Waals surface area contributed by atoms with Crippen LogP contribution in [0.5, 0.6) is 11.5 Å². The fourth-order valence-electron chi connectivity index (χ4n) is 2.06. The van der Waals surface area contributed by atoms with Gasteiger partial charge in [-0.3, -0.25) is 0 Å². The first-order chi connectivity index (χ1) is 9.76. The molecule has 0 amide bonds. The molecule has 0 radical (unpaired) electrons. The molecule has 5 nitrogen and oxygen atoms in total. The summed E-state index contributed by atoms with van der Waals surface area (Å²) >= 11 is 0. The van der Waals surface area contributed by atoms with Crippen LogP contribution < -0.4 is 9.47 Å². The van der Waals surface area contributed by atoms with E-state index in [-0.39, 0.29) is 6.61 Å². The van der Waals surface area contributed by atoms with Crippen molar-refractivity contribution in [3.05, 3.63) is 53.3 Å². The van der Waals surface area contributed by atoms with Crippen LogP contribution in [0.2, 0.25) is 0 Å². The Hall–Kier alpha value is -2.58. The van der Waals surface area contributed by atoms with Gasteiger partial charge in [0.2, 0.25) is 0 Å². The van der Waals surface area contributed by atoms with Gasteiger partial charge in [0.05, 0.1) is 0 Å². The van der Waals surface area contributed by atoms with Crippen molar-refractivity contribution < 1.29 is 14.6 Å². The Labute approximate surface area is 116 Å². The van der Waals surface area contributed by atoms with Gasteiger partial charge >= 0.3 is 0 Å². The standard InChI is InChI=1S/C15H12N2O3/c16-7-11-5-10(3-4-17-11)8-19-12-1-2-13-14(18)9-20-15(13)6-12/h1-6,14,18H,8-9H2. The quantitative estimate of drug-likeness (QED) is 0.920. The van der Waals surface area contributed by atoms with Gasteiger partial charge in [0, 0.05) is 17.8 Å². The molecule has 1 aromatic heterocycles. The van der Waals surface area contributed by atoms with Crippen molar-refractivity contribution in [1.29, 1.82) is 5.26 Å². The zero-order valence-electron chi connectivity index (χ0n) is 10.6. The molecule has 20 heavy (non-hydrogen) atoms. The van der Waals surface area contributed by atoms with Crippen molar-refractivity contribution in [2.45, 2.75) is 12.7 Å². The number of nitrogens with zero attached hydrogens (tertiary/aromatic N) is 2. The lowest BCUT2D eigenvalue weighted by atomic mass is 10.1. The van der Waals surface area contributed by atoms with Gasteiger partial charge in [-0.25, -0.2) is 4.98 Å². The van der Waals surface area contributed by atoms with E-state index in [1.54, 1.807) is 36.5 Å². The van der Waals surface area contributed by atoms with Gasteiger partial charge < -0.3 is 14.6 Å². The summed E-state index contributed by atoms with van der Waals surface area (Å²) in [5.41, 5.74) is 2.03. The number of aliphatic hydroxyl groups excluding tert-OH is 1. The number of rotatable bonds is 3. The molecule has 1 aliphatic heterocycles. The van der Waals surface area contributed by atoms with Gasteiger partial charge in [-0.05, 0) is 29.8 Å². The van der Waals surface area contributed by atoms with E-state index in [9.17, 15) is 5.11 Å². The van der Waals surface area contributed by atoms with Gasteiger partial charge in [-0.15, -0.1) is 0 Å². The monoisotopic (exact) mass is 268 g/mol. The molecule has 0 aliphatic carbocycles. The highest BCUT2D eigenvalue weighted by atomic mass is 16.5. The number of aliphatic hydroxyl groups is 1. The number of hydrogen-bond donors (Lipinski definition) is 1. The summed E-state index contributed by atoms with van der Waals surface area (Å²) < 4.78 is 11.0. The minimum absolute atomic E-state index is 0.286. The van der Waals surface area contributed by atoms with E-state index < -0.39 is 6.10 Å². The second-order valence-electron chi connectivity index (χ2n) is 4.48. The summed E-state index contributed by atoms with van der Waals surface area (Å²) in [6.07, 6.45) is 1.02. The summed E-state index contributed by atoms with van der Waals surface area (Å²) in [5, 5.41) is 18.4. The highest BCUT2D eigenvalue weighted by molar-refractivity contribution is 5.44. The van der Waals surface area contributed by atoms with E-state index in [1.165, 1.54) is 0 Å². The van der Waals surface area contributed by atoms with E-state index in [0.717, 1.165) is 11.1 Å². The fraction of sp³-hybridized carbons (Fsp3) is 0.200. The Morgan fingerprint density at radius 3 is 3.15 bits per heavy atom. The van der Waals surface area contributed by atoms with Crippen LogP contribution in [-0.2, 0) is 6.61 Å². The number of hydrogen-bond acceptors (Lipinski definition) is 5. The zero-order valence-corrected chi connectivity index (χ0v) is 10.6. The van der Waals surface area contributed by atoms with Crippen LogP contribution in [0.1, 0.15) is 22.9 Å². The first-order valence-corrected chi connectivity index (χ1v) is 6.19. The number of ether oxygens (including phenoxy) is 2. The smallest absolute Gasteiger partial charge is 0.140 e. The predicted octanol–water partition coefficient (Wildman–Crippen LogP) is 1.96. The molecule has 0 saturated heterocycles. The summed E-state index contributed by atoms with van der Waals surface area (Å²) in [6.45, 7) is 0.632. The van der Waals surface area contributed by atoms with Crippen LogP contribution in [0.3, 0.4) is 0 Å². The number of benzene rings is 1. The topological polar surface area (TPSA) is 75.4 Å². The zero-order chi connectivity index (χ0) is 13.9. The van der Waals surface area contributed by atoms with Crippen molar-refractivity contribution in [2.75, 3.05) is 6.61 Å². The lowest BCUT2D eigenvalue weighted by Crippen LogP contribution is -1.97. The molecule has 3 rings (SSSR count). The number of nitriles is 1. The first kappa shape index (κ1) is 12.5.